The zero-order chi connectivity index (χ0) is 14.8. The van der Waals surface area contributed by atoms with Crippen molar-refractivity contribution in [3.05, 3.63) is 29.0 Å². The van der Waals surface area contributed by atoms with Gasteiger partial charge in [-0.3, -0.25) is 4.90 Å². The van der Waals surface area contributed by atoms with Crippen LogP contribution in [-0.2, 0) is 6.54 Å². The summed E-state index contributed by atoms with van der Waals surface area (Å²) in [5.74, 6) is 2.24. The summed E-state index contributed by atoms with van der Waals surface area (Å²) < 4.78 is 5.62. The number of thiazole rings is 1. The van der Waals surface area contributed by atoms with E-state index in [1.807, 2.05) is 32.2 Å². The highest BCUT2D eigenvalue weighted by molar-refractivity contribution is 7.14. The van der Waals surface area contributed by atoms with Gasteiger partial charge in [-0.25, -0.2) is 4.98 Å². The predicted molar refractivity (Wildman–Crippen MR) is 84.2 cm³/mol. The maximum absolute atomic E-state index is 9.65. The second-order valence-corrected chi connectivity index (χ2v) is 7.01. The maximum atomic E-state index is 9.65. The molecule has 0 bridgehead atoms. The van der Waals surface area contributed by atoms with Gasteiger partial charge in [-0.15, -0.1) is 11.3 Å². The molecule has 3 heterocycles. The van der Waals surface area contributed by atoms with Crippen LogP contribution in [0.25, 0.3) is 10.8 Å². The van der Waals surface area contributed by atoms with Crippen LogP contribution in [0.1, 0.15) is 30.4 Å². The van der Waals surface area contributed by atoms with E-state index in [4.69, 9.17) is 4.42 Å². The van der Waals surface area contributed by atoms with Crippen LogP contribution >= 0.6 is 11.3 Å². The first-order valence-corrected chi connectivity index (χ1v) is 8.35. The van der Waals surface area contributed by atoms with Crippen molar-refractivity contribution in [2.24, 2.45) is 5.92 Å². The lowest BCUT2D eigenvalue weighted by atomic mass is 9.92. The third kappa shape index (κ3) is 3.54. The van der Waals surface area contributed by atoms with Crippen molar-refractivity contribution < 1.29 is 9.52 Å². The zero-order valence-electron chi connectivity index (χ0n) is 12.6. The lowest BCUT2D eigenvalue weighted by molar-refractivity contribution is 0.0698. The smallest absolute Gasteiger partial charge is 0.162 e. The Labute approximate surface area is 129 Å². The molecule has 114 valence electrons. The Morgan fingerprint density at radius 3 is 2.81 bits per heavy atom. The standard InChI is InChI=1S/C16H22N2O2S/c1-11-3-4-15(20-11)16-17-9-14(21-16)10-18-7-5-13(6-8-18)12(2)19/h3-4,9,12-13,19H,5-8,10H2,1-2H3. The molecule has 0 amide bonds. The van der Waals surface area contributed by atoms with Gasteiger partial charge in [0.25, 0.3) is 0 Å². The number of aromatic nitrogens is 1. The molecule has 0 aliphatic carbocycles. The van der Waals surface area contributed by atoms with Crippen LogP contribution in [0.15, 0.2) is 22.7 Å². The minimum atomic E-state index is -0.177. The minimum absolute atomic E-state index is 0.177. The fourth-order valence-corrected chi connectivity index (χ4v) is 3.77. The van der Waals surface area contributed by atoms with Gasteiger partial charge in [0.2, 0.25) is 0 Å². The summed E-state index contributed by atoms with van der Waals surface area (Å²) in [4.78, 5) is 8.19. The Morgan fingerprint density at radius 2 is 2.19 bits per heavy atom. The Balaban J connectivity index is 1.58. The fraction of sp³-hybridized carbons (Fsp3) is 0.562. The number of rotatable bonds is 4. The summed E-state index contributed by atoms with van der Waals surface area (Å²) in [5, 5.41) is 10.6. The molecule has 5 heteroatoms. The zero-order valence-corrected chi connectivity index (χ0v) is 13.4. The average Bonchev–Trinajstić information content (AvgIpc) is 3.08. The SMILES string of the molecule is Cc1ccc(-c2ncc(CN3CCC(C(C)O)CC3)s2)o1. The number of likely N-dealkylation sites (tertiary alicyclic amines) is 1. The largest absolute Gasteiger partial charge is 0.459 e. The van der Waals surface area contributed by atoms with Crippen molar-refractivity contribution in [2.75, 3.05) is 13.1 Å². The average molecular weight is 306 g/mol. The molecule has 3 rings (SSSR count). The third-order valence-corrected chi connectivity index (χ3v) is 5.20. The molecular weight excluding hydrogens is 284 g/mol. The molecule has 1 aliphatic heterocycles. The molecule has 1 unspecified atom stereocenters. The summed E-state index contributed by atoms with van der Waals surface area (Å²) in [6, 6.07) is 3.95. The van der Waals surface area contributed by atoms with Crippen molar-refractivity contribution in [3.8, 4) is 10.8 Å². The molecule has 0 saturated carbocycles. The molecule has 1 fully saturated rings. The normalized spacial score (nSPS) is 19.0. The maximum Gasteiger partial charge on any atom is 0.162 e. The first kappa shape index (κ1) is 14.8. The van der Waals surface area contributed by atoms with Crippen molar-refractivity contribution >= 4 is 11.3 Å². The van der Waals surface area contributed by atoms with Crippen LogP contribution in [0.4, 0.5) is 0 Å². The van der Waals surface area contributed by atoms with E-state index in [-0.39, 0.29) is 6.10 Å². The monoisotopic (exact) mass is 306 g/mol. The third-order valence-electron chi connectivity index (χ3n) is 4.20. The van der Waals surface area contributed by atoms with Crippen molar-refractivity contribution in [3.63, 3.8) is 0 Å². The van der Waals surface area contributed by atoms with Crippen LogP contribution < -0.4 is 0 Å². The molecular formula is C16H22N2O2S. The van der Waals surface area contributed by atoms with E-state index in [0.717, 1.165) is 49.0 Å². The topological polar surface area (TPSA) is 49.5 Å². The van der Waals surface area contributed by atoms with Crippen LogP contribution in [0.3, 0.4) is 0 Å². The van der Waals surface area contributed by atoms with Gasteiger partial charge in [-0.1, -0.05) is 0 Å². The summed E-state index contributed by atoms with van der Waals surface area (Å²) in [5.41, 5.74) is 0. The molecule has 2 aromatic heterocycles. The molecule has 21 heavy (non-hydrogen) atoms. The summed E-state index contributed by atoms with van der Waals surface area (Å²) >= 11 is 1.70. The van der Waals surface area contributed by atoms with E-state index < -0.39 is 0 Å². The fourth-order valence-electron chi connectivity index (χ4n) is 2.86. The highest BCUT2D eigenvalue weighted by atomic mass is 32.1. The Morgan fingerprint density at radius 1 is 1.43 bits per heavy atom. The predicted octanol–water partition coefficient (Wildman–Crippen LogP) is 3.30. The Bertz CT molecular complexity index is 583. The lowest BCUT2D eigenvalue weighted by Crippen LogP contribution is -2.36. The van der Waals surface area contributed by atoms with E-state index >= 15 is 0 Å². The number of aliphatic hydroxyl groups is 1. The van der Waals surface area contributed by atoms with Gasteiger partial charge in [0.05, 0.1) is 6.10 Å². The summed E-state index contributed by atoms with van der Waals surface area (Å²) in [6.07, 6.45) is 3.95. The first-order valence-electron chi connectivity index (χ1n) is 7.54. The van der Waals surface area contributed by atoms with Gasteiger partial charge < -0.3 is 9.52 Å². The number of hydrogen-bond donors (Lipinski definition) is 1. The Hall–Kier alpha value is -1.17. The molecule has 0 aromatic carbocycles. The second kappa shape index (κ2) is 6.30. The lowest BCUT2D eigenvalue weighted by Gasteiger charge is -2.32. The molecule has 2 aromatic rings. The van der Waals surface area contributed by atoms with Crippen LogP contribution in [-0.4, -0.2) is 34.2 Å². The van der Waals surface area contributed by atoms with Gasteiger partial charge in [0.1, 0.15) is 5.76 Å². The number of aryl methyl sites for hydroxylation is 1. The van der Waals surface area contributed by atoms with E-state index in [9.17, 15) is 5.11 Å². The second-order valence-electron chi connectivity index (χ2n) is 5.90. The highest BCUT2D eigenvalue weighted by Crippen LogP contribution is 2.28. The minimum Gasteiger partial charge on any atom is -0.459 e. The van der Waals surface area contributed by atoms with E-state index in [0.29, 0.717) is 5.92 Å². The number of aliphatic hydroxyl groups excluding tert-OH is 1. The molecule has 0 radical (unpaired) electrons. The number of hydrogen-bond acceptors (Lipinski definition) is 5. The van der Waals surface area contributed by atoms with Crippen molar-refractivity contribution in [2.45, 2.75) is 39.3 Å². The number of furan rings is 1. The molecule has 1 aliphatic rings. The van der Waals surface area contributed by atoms with E-state index in [2.05, 4.69) is 9.88 Å². The van der Waals surface area contributed by atoms with E-state index in [1.165, 1.54) is 4.88 Å². The van der Waals surface area contributed by atoms with E-state index in [1.54, 1.807) is 11.3 Å². The summed E-state index contributed by atoms with van der Waals surface area (Å²) in [7, 11) is 0. The summed E-state index contributed by atoms with van der Waals surface area (Å²) in [6.45, 7) is 6.92. The van der Waals surface area contributed by atoms with Crippen LogP contribution in [0, 0.1) is 12.8 Å². The molecule has 1 saturated heterocycles. The molecule has 4 nitrogen and oxygen atoms in total. The van der Waals surface area contributed by atoms with Gasteiger partial charge in [0, 0.05) is 17.6 Å². The van der Waals surface area contributed by atoms with Crippen molar-refractivity contribution in [1.82, 2.24) is 9.88 Å². The molecule has 0 spiro atoms. The van der Waals surface area contributed by atoms with Crippen LogP contribution in [0.5, 0.6) is 0 Å². The van der Waals surface area contributed by atoms with Gasteiger partial charge in [-0.05, 0) is 57.8 Å². The Kier molecular flexibility index (Phi) is 4.42. The van der Waals surface area contributed by atoms with Crippen LogP contribution in [0.2, 0.25) is 0 Å². The number of piperidine rings is 1. The first-order chi connectivity index (χ1) is 10.1. The molecule has 1 atom stereocenters. The number of nitrogens with zero attached hydrogens (tertiary/aromatic N) is 2. The van der Waals surface area contributed by atoms with Crippen molar-refractivity contribution in [1.29, 1.82) is 0 Å². The molecule has 1 N–H and O–H groups in total. The highest BCUT2D eigenvalue weighted by Gasteiger charge is 2.23. The quantitative estimate of drug-likeness (QED) is 0.941. The van der Waals surface area contributed by atoms with Gasteiger partial charge >= 0.3 is 0 Å². The van der Waals surface area contributed by atoms with Gasteiger partial charge in [-0.2, -0.15) is 0 Å². The van der Waals surface area contributed by atoms with Gasteiger partial charge in [0.15, 0.2) is 10.8 Å².